The number of amides is 1. The van der Waals surface area contributed by atoms with Crippen molar-refractivity contribution in [2.24, 2.45) is 0 Å². The molecule has 0 spiro atoms. The van der Waals surface area contributed by atoms with E-state index in [9.17, 15) is 13.2 Å². The molecule has 4 heterocycles. The number of rotatable bonds is 10. The van der Waals surface area contributed by atoms with Crippen LogP contribution in [0.5, 0.6) is 5.75 Å². The SMILES string of the molecule is CC[C@@H]1CN(Cc2cc([C@@H](c3ccc4c(c3C)NN(C)N4CC)C(C)(C)NC(=O)c3cnc(N4CCCC4)nc3)ccc2C)S(=O)(=O)c2ccccc2O1. The Morgan fingerprint density at radius 3 is 2.46 bits per heavy atom. The number of para-hydroxylation sites is 1. The second-order valence-electron chi connectivity index (χ2n) is 15.2. The number of hydrogen-bond donors (Lipinski definition) is 2. The zero-order valence-corrected chi connectivity index (χ0v) is 33.2. The number of hydrogen-bond acceptors (Lipinski definition) is 10. The van der Waals surface area contributed by atoms with E-state index < -0.39 is 15.6 Å². The van der Waals surface area contributed by atoms with Crippen LogP contribution in [0.2, 0.25) is 0 Å². The third-order valence-electron chi connectivity index (χ3n) is 11.1. The van der Waals surface area contributed by atoms with Gasteiger partial charge in [0.2, 0.25) is 16.0 Å². The molecule has 0 bridgehead atoms. The fourth-order valence-electron chi connectivity index (χ4n) is 8.12. The molecule has 1 amide bonds. The quantitative estimate of drug-likeness (QED) is 0.188. The Labute approximate surface area is 319 Å². The molecule has 1 saturated heterocycles. The highest BCUT2D eigenvalue weighted by Crippen LogP contribution is 2.44. The standard InChI is InChI=1S/C41H52N8O4S/c1-8-32-26-48(54(51,52)36-15-11-10-14-35(36)53-32)25-30-22-29(17-16-27(30)3)37(33-18-19-34-38(28(33)4)45-46(7)49(34)9-2)41(5,6)44-39(50)31-23-42-40(43-24-31)47-20-12-13-21-47/h10-11,14-19,22-24,32,37,45H,8-9,12-13,20-21,25-26H2,1-7H3,(H,44,50)/t32-,37+/m1/s1. The molecule has 2 atom stereocenters. The van der Waals surface area contributed by atoms with E-state index in [1.54, 1.807) is 41.0 Å². The lowest BCUT2D eigenvalue weighted by atomic mass is 9.74. The van der Waals surface area contributed by atoms with Crippen molar-refractivity contribution in [1.29, 1.82) is 0 Å². The van der Waals surface area contributed by atoms with Crippen molar-refractivity contribution in [3.63, 3.8) is 0 Å². The summed E-state index contributed by atoms with van der Waals surface area (Å²) < 4.78 is 36.1. The van der Waals surface area contributed by atoms with Crippen LogP contribution in [0.4, 0.5) is 17.3 Å². The lowest BCUT2D eigenvalue weighted by Crippen LogP contribution is -2.48. The van der Waals surface area contributed by atoms with Crippen molar-refractivity contribution < 1.29 is 17.9 Å². The van der Waals surface area contributed by atoms with Crippen LogP contribution in [-0.2, 0) is 16.6 Å². The van der Waals surface area contributed by atoms with E-state index in [1.807, 2.05) is 39.9 Å². The van der Waals surface area contributed by atoms with Gasteiger partial charge in [0.15, 0.2) is 0 Å². The molecule has 3 aliphatic heterocycles. The molecule has 7 rings (SSSR count). The van der Waals surface area contributed by atoms with Crippen LogP contribution >= 0.6 is 0 Å². The Morgan fingerprint density at radius 2 is 1.76 bits per heavy atom. The third-order valence-corrected chi connectivity index (χ3v) is 13.0. The van der Waals surface area contributed by atoms with Gasteiger partial charge in [-0.1, -0.05) is 43.3 Å². The smallest absolute Gasteiger partial charge is 0.254 e. The predicted molar refractivity (Wildman–Crippen MR) is 212 cm³/mol. The molecule has 2 N–H and O–H groups in total. The minimum Gasteiger partial charge on any atom is -0.488 e. The molecule has 0 saturated carbocycles. The summed E-state index contributed by atoms with van der Waals surface area (Å²) in [4.78, 5) is 25.4. The fraction of sp³-hybridized carbons (Fsp3) is 0.439. The van der Waals surface area contributed by atoms with Gasteiger partial charge in [0, 0.05) is 57.1 Å². The maximum atomic E-state index is 14.2. The second kappa shape index (κ2) is 14.8. The Kier molecular flexibility index (Phi) is 10.3. The minimum atomic E-state index is -3.85. The molecule has 1 fully saturated rings. The maximum absolute atomic E-state index is 14.2. The van der Waals surface area contributed by atoms with E-state index >= 15 is 0 Å². The lowest BCUT2D eigenvalue weighted by Gasteiger charge is -2.38. The van der Waals surface area contributed by atoms with E-state index in [-0.39, 0.29) is 35.9 Å². The summed E-state index contributed by atoms with van der Waals surface area (Å²) in [6, 6.07) is 17.4. The van der Waals surface area contributed by atoms with Gasteiger partial charge in [-0.25, -0.2) is 18.4 Å². The molecule has 0 aliphatic carbocycles. The molecule has 1 aromatic heterocycles. The van der Waals surface area contributed by atoms with Crippen molar-refractivity contribution in [3.8, 4) is 5.75 Å². The molecule has 3 aromatic carbocycles. The number of nitrogens with zero attached hydrogens (tertiary/aromatic N) is 6. The minimum absolute atomic E-state index is 0.178. The molecular formula is C41H52N8O4S. The average molecular weight is 753 g/mol. The van der Waals surface area contributed by atoms with Crippen LogP contribution in [-0.4, -0.2) is 78.6 Å². The Morgan fingerprint density at radius 1 is 1.04 bits per heavy atom. The number of carbonyl (C=O) groups excluding carboxylic acids is 1. The molecule has 3 aliphatic rings. The number of fused-ring (bicyclic) bond motifs is 2. The maximum Gasteiger partial charge on any atom is 0.254 e. The Balaban J connectivity index is 1.27. The van der Waals surface area contributed by atoms with Gasteiger partial charge in [-0.3, -0.25) is 15.2 Å². The van der Waals surface area contributed by atoms with Crippen LogP contribution in [0.15, 0.2) is 71.9 Å². The summed E-state index contributed by atoms with van der Waals surface area (Å²) in [5.74, 6) is 0.442. The number of aromatic nitrogens is 2. The zero-order chi connectivity index (χ0) is 38.4. The first-order chi connectivity index (χ1) is 25.8. The van der Waals surface area contributed by atoms with Crippen LogP contribution in [0.3, 0.4) is 0 Å². The lowest BCUT2D eigenvalue weighted by molar-refractivity contribution is 0.0905. The van der Waals surface area contributed by atoms with Gasteiger partial charge in [0.1, 0.15) is 16.7 Å². The number of sulfonamides is 1. The van der Waals surface area contributed by atoms with Crippen LogP contribution in [0.1, 0.15) is 91.1 Å². The van der Waals surface area contributed by atoms with Crippen LogP contribution < -0.4 is 25.4 Å². The first-order valence-corrected chi connectivity index (χ1v) is 20.4. The molecule has 4 aromatic rings. The van der Waals surface area contributed by atoms with Gasteiger partial charge in [0.05, 0.1) is 23.5 Å². The van der Waals surface area contributed by atoms with Crippen molar-refractivity contribution >= 4 is 33.3 Å². The van der Waals surface area contributed by atoms with Gasteiger partial charge in [-0.2, -0.15) is 4.31 Å². The van der Waals surface area contributed by atoms with Gasteiger partial charge < -0.3 is 15.0 Å². The van der Waals surface area contributed by atoms with Crippen molar-refractivity contribution in [1.82, 2.24) is 24.7 Å². The van der Waals surface area contributed by atoms with Crippen molar-refractivity contribution in [3.05, 3.63) is 100 Å². The van der Waals surface area contributed by atoms with Gasteiger partial charge in [-0.05, 0) is 99.9 Å². The normalized spacial score (nSPS) is 19.1. The molecule has 13 heteroatoms. The fourth-order valence-corrected chi connectivity index (χ4v) is 9.70. The van der Waals surface area contributed by atoms with Gasteiger partial charge in [-0.15, -0.1) is 5.12 Å². The number of benzene rings is 3. The van der Waals surface area contributed by atoms with Crippen LogP contribution in [0, 0.1) is 13.8 Å². The summed E-state index contributed by atoms with van der Waals surface area (Å²) in [5, 5.41) is 7.52. The van der Waals surface area contributed by atoms with Gasteiger partial charge >= 0.3 is 0 Å². The summed E-state index contributed by atoms with van der Waals surface area (Å²) >= 11 is 0. The van der Waals surface area contributed by atoms with Crippen molar-refractivity contribution in [2.75, 3.05) is 48.6 Å². The number of hydrazine groups is 2. The number of anilines is 3. The summed E-state index contributed by atoms with van der Waals surface area (Å²) in [7, 11) is -1.86. The topological polar surface area (TPSA) is 123 Å². The van der Waals surface area contributed by atoms with E-state index in [4.69, 9.17) is 4.74 Å². The largest absolute Gasteiger partial charge is 0.488 e. The monoisotopic (exact) mass is 752 g/mol. The number of ether oxygens (including phenoxy) is 1. The van der Waals surface area contributed by atoms with E-state index in [2.05, 4.69) is 74.8 Å². The van der Waals surface area contributed by atoms with E-state index in [1.165, 1.54) is 0 Å². The highest BCUT2D eigenvalue weighted by molar-refractivity contribution is 7.89. The van der Waals surface area contributed by atoms with E-state index in [0.29, 0.717) is 23.7 Å². The summed E-state index contributed by atoms with van der Waals surface area (Å²) in [6.45, 7) is 15.4. The van der Waals surface area contributed by atoms with Crippen LogP contribution in [0.25, 0.3) is 0 Å². The first-order valence-electron chi connectivity index (χ1n) is 19.0. The predicted octanol–water partition coefficient (Wildman–Crippen LogP) is 6.41. The summed E-state index contributed by atoms with van der Waals surface area (Å²) in [6.07, 6.45) is 5.82. The zero-order valence-electron chi connectivity index (χ0n) is 32.4. The van der Waals surface area contributed by atoms with E-state index in [0.717, 1.165) is 71.7 Å². The highest BCUT2D eigenvalue weighted by atomic mass is 32.2. The molecule has 0 radical (unpaired) electrons. The molecule has 0 unspecified atom stereocenters. The average Bonchev–Trinajstić information content (AvgIpc) is 3.79. The Hall–Kier alpha value is -4.72. The molecule has 12 nitrogen and oxygen atoms in total. The number of aryl methyl sites for hydroxylation is 1. The second-order valence-corrected chi connectivity index (χ2v) is 17.1. The first kappa shape index (κ1) is 37.6. The highest BCUT2D eigenvalue weighted by Gasteiger charge is 2.39. The van der Waals surface area contributed by atoms with Crippen molar-refractivity contribution in [2.45, 2.75) is 89.8 Å². The Bertz CT molecular complexity index is 2140. The van der Waals surface area contributed by atoms with Gasteiger partial charge in [0.25, 0.3) is 5.91 Å². The number of carbonyl (C=O) groups is 1. The molecular weight excluding hydrogens is 701 g/mol. The number of nitrogens with one attached hydrogen (secondary N) is 2. The molecule has 286 valence electrons. The summed E-state index contributed by atoms with van der Waals surface area (Å²) in [5.41, 5.74) is 10.1. The molecule has 54 heavy (non-hydrogen) atoms. The third kappa shape index (κ3) is 7.00.